The first-order chi connectivity index (χ1) is 23.3. The molecule has 12 nitrogen and oxygen atoms in total. The van der Waals surface area contributed by atoms with Crippen LogP contribution in [0.3, 0.4) is 0 Å². The molecule has 2 atom stereocenters. The third-order valence-electron chi connectivity index (χ3n) is 10.9. The summed E-state index contributed by atoms with van der Waals surface area (Å²) in [5.41, 5.74) is 2.18. The number of rotatable bonds is 8. The smallest absolute Gasteiger partial charge is 0.291 e. The second kappa shape index (κ2) is 13.7. The third kappa shape index (κ3) is 6.69. The number of H-pyrrole nitrogens is 1. The SMILES string of the molecule is CNc1nc(-c2c[nH]c(C(=O)Nc3cccc(F)c3N3CCC4(CC3)CNC4)n2)cc(N2CC(C(=O)NC3CCCCC3)CCC2C)n1. The van der Waals surface area contributed by atoms with Crippen LogP contribution in [-0.4, -0.2) is 83.6 Å². The Kier molecular flexibility index (Phi) is 9.21. The maximum Gasteiger partial charge on any atom is 0.291 e. The summed E-state index contributed by atoms with van der Waals surface area (Å²) in [6.45, 7) is 6.23. The van der Waals surface area contributed by atoms with Crippen LogP contribution in [-0.2, 0) is 4.79 Å². The van der Waals surface area contributed by atoms with Gasteiger partial charge >= 0.3 is 0 Å². The van der Waals surface area contributed by atoms with Gasteiger partial charge in [-0.3, -0.25) is 9.59 Å². The number of nitrogens with one attached hydrogen (secondary N) is 5. The summed E-state index contributed by atoms with van der Waals surface area (Å²) >= 11 is 0. The van der Waals surface area contributed by atoms with E-state index in [2.05, 4.69) is 48.0 Å². The van der Waals surface area contributed by atoms with E-state index < -0.39 is 5.91 Å². The Hall–Kier alpha value is -4.26. The summed E-state index contributed by atoms with van der Waals surface area (Å²) in [6.07, 6.45) is 11.1. The van der Waals surface area contributed by atoms with Gasteiger partial charge in [0, 0.05) is 64.1 Å². The van der Waals surface area contributed by atoms with Crippen LogP contribution in [0.4, 0.5) is 27.5 Å². The van der Waals surface area contributed by atoms with Crippen LogP contribution in [0.1, 0.15) is 75.3 Å². The Balaban J connectivity index is 1.06. The van der Waals surface area contributed by atoms with Gasteiger partial charge in [-0.25, -0.2) is 14.4 Å². The predicted molar refractivity (Wildman–Crippen MR) is 185 cm³/mol. The fraction of sp³-hybridized carbons (Fsp3) is 0.571. The van der Waals surface area contributed by atoms with E-state index in [1.165, 1.54) is 25.3 Å². The molecule has 1 spiro atoms. The van der Waals surface area contributed by atoms with Gasteiger partial charge in [-0.2, -0.15) is 4.98 Å². The van der Waals surface area contributed by atoms with E-state index in [4.69, 9.17) is 4.98 Å². The second-order valence-corrected chi connectivity index (χ2v) is 14.1. The van der Waals surface area contributed by atoms with Crippen molar-refractivity contribution in [3.63, 3.8) is 0 Å². The zero-order valence-corrected chi connectivity index (χ0v) is 27.9. The highest BCUT2D eigenvalue weighted by atomic mass is 19.1. The number of benzene rings is 1. The lowest BCUT2D eigenvalue weighted by atomic mass is 9.73. The number of carbonyl (C=O) groups excluding carboxylic acids is 2. The van der Waals surface area contributed by atoms with Gasteiger partial charge in [0.1, 0.15) is 17.3 Å². The molecular formula is C35H47FN10O2. The first-order valence-electron chi connectivity index (χ1n) is 17.6. The van der Waals surface area contributed by atoms with Crippen LogP contribution in [0.25, 0.3) is 11.4 Å². The molecular weight excluding hydrogens is 611 g/mol. The van der Waals surface area contributed by atoms with Crippen molar-refractivity contribution >= 4 is 35.0 Å². The molecule has 7 rings (SSSR count). The highest BCUT2D eigenvalue weighted by Crippen LogP contribution is 2.39. The van der Waals surface area contributed by atoms with Crippen molar-refractivity contribution in [3.05, 3.63) is 42.1 Å². The van der Waals surface area contributed by atoms with Crippen LogP contribution in [0, 0.1) is 17.2 Å². The molecule has 4 fully saturated rings. The molecule has 1 aromatic carbocycles. The number of aromatic nitrogens is 4. The summed E-state index contributed by atoms with van der Waals surface area (Å²) in [4.78, 5) is 47.9. The molecule has 5 heterocycles. The van der Waals surface area contributed by atoms with Crippen LogP contribution >= 0.6 is 0 Å². The van der Waals surface area contributed by atoms with Crippen LogP contribution in [0.15, 0.2) is 30.5 Å². The van der Waals surface area contributed by atoms with E-state index in [9.17, 15) is 9.59 Å². The predicted octanol–water partition coefficient (Wildman–Crippen LogP) is 4.54. The fourth-order valence-electron chi connectivity index (χ4n) is 7.76. The lowest BCUT2D eigenvalue weighted by molar-refractivity contribution is -0.126. The fourth-order valence-corrected chi connectivity index (χ4v) is 7.76. The average molecular weight is 659 g/mol. The number of carbonyl (C=O) groups is 2. The lowest BCUT2D eigenvalue weighted by Gasteiger charge is -2.49. The number of piperidine rings is 2. The zero-order valence-electron chi connectivity index (χ0n) is 27.9. The van der Waals surface area contributed by atoms with Crippen molar-refractivity contribution in [2.24, 2.45) is 11.3 Å². The Morgan fingerprint density at radius 3 is 2.52 bits per heavy atom. The number of anilines is 4. The van der Waals surface area contributed by atoms with Crippen LogP contribution < -0.4 is 31.1 Å². The molecule has 1 saturated carbocycles. The molecule has 4 aliphatic rings. The molecule has 2 aromatic heterocycles. The molecule has 0 bridgehead atoms. The molecule has 3 aromatic rings. The van der Waals surface area contributed by atoms with E-state index in [0.717, 1.165) is 64.7 Å². The molecule has 3 aliphatic heterocycles. The monoisotopic (exact) mass is 658 g/mol. The van der Waals surface area contributed by atoms with Gasteiger partial charge in [-0.05, 0) is 63.0 Å². The molecule has 48 heavy (non-hydrogen) atoms. The third-order valence-corrected chi connectivity index (χ3v) is 10.9. The first-order valence-corrected chi connectivity index (χ1v) is 17.6. The number of aromatic amines is 1. The average Bonchev–Trinajstić information content (AvgIpc) is 3.59. The van der Waals surface area contributed by atoms with Gasteiger partial charge in [0.2, 0.25) is 11.9 Å². The lowest BCUT2D eigenvalue weighted by Crippen LogP contribution is -2.58. The highest BCUT2D eigenvalue weighted by molar-refractivity contribution is 6.04. The number of imidazole rings is 1. The second-order valence-electron chi connectivity index (χ2n) is 14.1. The maximum absolute atomic E-state index is 15.2. The molecule has 5 N–H and O–H groups in total. The summed E-state index contributed by atoms with van der Waals surface area (Å²) in [7, 11) is 1.76. The number of halogens is 1. The van der Waals surface area contributed by atoms with Crippen molar-refractivity contribution < 1.29 is 14.0 Å². The van der Waals surface area contributed by atoms with Crippen LogP contribution in [0.5, 0.6) is 0 Å². The van der Waals surface area contributed by atoms with E-state index in [-0.39, 0.29) is 35.6 Å². The minimum Gasteiger partial charge on any atom is -0.367 e. The van der Waals surface area contributed by atoms with Crippen molar-refractivity contribution in [3.8, 4) is 11.4 Å². The Bertz CT molecular complexity index is 1620. The zero-order chi connectivity index (χ0) is 33.3. The molecule has 256 valence electrons. The van der Waals surface area contributed by atoms with E-state index in [1.54, 1.807) is 25.4 Å². The van der Waals surface area contributed by atoms with Crippen molar-refractivity contribution in [2.45, 2.75) is 76.8 Å². The number of para-hydroxylation sites is 1. The summed E-state index contributed by atoms with van der Waals surface area (Å²) < 4.78 is 15.2. The van der Waals surface area contributed by atoms with E-state index in [0.29, 0.717) is 46.5 Å². The van der Waals surface area contributed by atoms with Gasteiger partial charge in [0.25, 0.3) is 5.91 Å². The van der Waals surface area contributed by atoms with E-state index in [1.807, 2.05) is 11.0 Å². The Morgan fingerprint density at radius 1 is 1.00 bits per heavy atom. The number of hydrogen-bond acceptors (Lipinski definition) is 9. The van der Waals surface area contributed by atoms with Crippen molar-refractivity contribution in [2.75, 3.05) is 60.2 Å². The minimum atomic E-state index is -0.468. The van der Waals surface area contributed by atoms with Gasteiger partial charge in [-0.15, -0.1) is 0 Å². The summed E-state index contributed by atoms with van der Waals surface area (Å²) in [6, 6.07) is 7.10. The number of hydrogen-bond donors (Lipinski definition) is 5. The normalized spacial score (nSPS) is 22.6. The molecule has 0 radical (unpaired) electrons. The van der Waals surface area contributed by atoms with Gasteiger partial charge < -0.3 is 36.1 Å². The van der Waals surface area contributed by atoms with Gasteiger partial charge in [0.05, 0.1) is 23.0 Å². The number of nitrogens with zero attached hydrogens (tertiary/aromatic N) is 5. The van der Waals surface area contributed by atoms with Gasteiger partial charge in [-0.1, -0.05) is 25.3 Å². The number of amides is 2. The topological polar surface area (TPSA) is 143 Å². The molecule has 13 heteroatoms. The summed E-state index contributed by atoms with van der Waals surface area (Å²) in [5.74, 6) is 0.402. The highest BCUT2D eigenvalue weighted by Gasteiger charge is 2.40. The van der Waals surface area contributed by atoms with E-state index >= 15 is 4.39 Å². The van der Waals surface area contributed by atoms with Gasteiger partial charge in [0.15, 0.2) is 5.82 Å². The minimum absolute atomic E-state index is 0.0929. The van der Waals surface area contributed by atoms with Crippen LogP contribution in [0.2, 0.25) is 0 Å². The first kappa shape index (κ1) is 32.3. The molecule has 1 aliphatic carbocycles. The quantitative estimate of drug-likeness (QED) is 0.236. The summed E-state index contributed by atoms with van der Waals surface area (Å²) in [5, 5.41) is 12.6. The molecule has 2 unspecified atom stereocenters. The Morgan fingerprint density at radius 2 is 1.79 bits per heavy atom. The van der Waals surface area contributed by atoms with Crippen molar-refractivity contribution in [1.82, 2.24) is 30.6 Å². The Labute approximate surface area is 281 Å². The standard InChI is InChI=1S/C35H47FN10O2/c1-22-11-12-23(32(47)40-24-7-4-3-5-8-24)19-46(22)29-17-27(43-34(37-2)44-29)28-18-39-31(41-28)33(48)42-26-10-6-9-25(36)30(26)45-15-13-35(14-16-45)20-38-21-35/h6,9-10,17-18,22-24,38H,3-5,7-8,11-16,19-21H2,1-2H3,(H,39,41)(H,40,47)(H,42,48)(H,37,43,44). The van der Waals surface area contributed by atoms with Crippen molar-refractivity contribution in [1.29, 1.82) is 0 Å². The molecule has 2 amide bonds. The molecule has 3 saturated heterocycles. The largest absolute Gasteiger partial charge is 0.367 e. The maximum atomic E-state index is 15.2.